The van der Waals surface area contributed by atoms with Gasteiger partial charge in [0.15, 0.2) is 5.75 Å². The molecule has 0 aliphatic carbocycles. The van der Waals surface area contributed by atoms with Crippen molar-refractivity contribution in [3.05, 3.63) is 24.0 Å². The standard InChI is InChI=1S/C6H4FO2/c7-6-4(8)2-1-3-5(6)9/h1-3,8H. The summed E-state index contributed by atoms with van der Waals surface area (Å²) >= 11 is 0. The zero-order valence-corrected chi connectivity index (χ0v) is 4.47. The number of halogens is 1. The maximum Gasteiger partial charge on any atom is 0.218 e. The van der Waals surface area contributed by atoms with Crippen LogP contribution in [-0.4, -0.2) is 5.11 Å². The van der Waals surface area contributed by atoms with Crippen LogP contribution >= 0.6 is 0 Å². The van der Waals surface area contributed by atoms with Crippen LogP contribution in [0.5, 0.6) is 11.5 Å². The van der Waals surface area contributed by atoms with E-state index < -0.39 is 17.3 Å². The van der Waals surface area contributed by atoms with E-state index in [1.54, 1.807) is 0 Å². The second-order valence-electron chi connectivity index (χ2n) is 1.59. The molecule has 3 heteroatoms. The molecule has 0 heterocycles. The molecule has 0 saturated carbocycles. The Hall–Kier alpha value is -1.25. The van der Waals surface area contributed by atoms with Gasteiger partial charge in [0, 0.05) is 0 Å². The van der Waals surface area contributed by atoms with Gasteiger partial charge in [-0.3, -0.25) is 5.11 Å². The van der Waals surface area contributed by atoms with Crippen molar-refractivity contribution < 1.29 is 14.6 Å². The number of rotatable bonds is 0. The minimum absolute atomic E-state index is 0.595. The van der Waals surface area contributed by atoms with Crippen LogP contribution in [0.3, 0.4) is 0 Å². The van der Waals surface area contributed by atoms with Gasteiger partial charge in [-0.25, -0.2) is 0 Å². The lowest BCUT2D eigenvalue weighted by atomic mass is 10.3. The Morgan fingerprint density at radius 2 is 2.11 bits per heavy atom. The summed E-state index contributed by atoms with van der Waals surface area (Å²) in [6.45, 7) is 0. The van der Waals surface area contributed by atoms with Gasteiger partial charge in [0.05, 0.1) is 0 Å². The molecular weight excluding hydrogens is 123 g/mol. The smallest absolute Gasteiger partial charge is 0.218 e. The molecule has 0 spiro atoms. The van der Waals surface area contributed by atoms with Crippen LogP contribution in [0.25, 0.3) is 0 Å². The van der Waals surface area contributed by atoms with Gasteiger partial charge in [0.25, 0.3) is 0 Å². The van der Waals surface area contributed by atoms with Crippen molar-refractivity contribution in [3.63, 3.8) is 0 Å². The number of benzene rings is 1. The van der Waals surface area contributed by atoms with Gasteiger partial charge in [0.2, 0.25) is 11.6 Å². The Balaban J connectivity index is 3.25. The highest BCUT2D eigenvalue weighted by atomic mass is 19.1. The van der Waals surface area contributed by atoms with E-state index in [4.69, 9.17) is 5.11 Å². The van der Waals surface area contributed by atoms with Crippen molar-refractivity contribution in [1.29, 1.82) is 0 Å². The van der Waals surface area contributed by atoms with E-state index in [9.17, 15) is 9.50 Å². The van der Waals surface area contributed by atoms with Gasteiger partial charge >= 0.3 is 0 Å². The zero-order chi connectivity index (χ0) is 6.85. The molecule has 1 rings (SSSR count). The largest absolute Gasteiger partial charge is 0.505 e. The van der Waals surface area contributed by atoms with Crippen LogP contribution < -0.4 is 0 Å². The van der Waals surface area contributed by atoms with E-state index in [0.29, 0.717) is 0 Å². The molecule has 47 valence electrons. The molecule has 1 aromatic rings. The quantitative estimate of drug-likeness (QED) is 0.565. The second kappa shape index (κ2) is 1.93. The lowest BCUT2D eigenvalue weighted by molar-refractivity contribution is 0.318. The molecule has 1 N–H and O–H groups in total. The molecule has 2 nitrogen and oxygen atoms in total. The van der Waals surface area contributed by atoms with Crippen LogP contribution in [-0.2, 0) is 5.11 Å². The van der Waals surface area contributed by atoms with Crippen LogP contribution in [0.4, 0.5) is 4.39 Å². The first-order valence-electron chi connectivity index (χ1n) is 2.36. The Morgan fingerprint density at radius 3 is 2.56 bits per heavy atom. The van der Waals surface area contributed by atoms with E-state index in [1.807, 2.05) is 0 Å². The maximum absolute atomic E-state index is 12.2. The number of hydrogen-bond donors (Lipinski definition) is 1. The van der Waals surface area contributed by atoms with Crippen molar-refractivity contribution in [1.82, 2.24) is 0 Å². The number of phenols is 1. The fourth-order valence-corrected chi connectivity index (χ4v) is 0.499. The van der Waals surface area contributed by atoms with Crippen LogP contribution in [0, 0.1) is 5.82 Å². The first-order chi connectivity index (χ1) is 4.22. The lowest BCUT2D eigenvalue weighted by Crippen LogP contribution is -1.73. The highest BCUT2D eigenvalue weighted by Crippen LogP contribution is 2.23. The van der Waals surface area contributed by atoms with Crippen molar-refractivity contribution in [2.45, 2.75) is 0 Å². The molecule has 1 radical (unpaired) electrons. The highest BCUT2D eigenvalue weighted by Gasteiger charge is 2.04. The van der Waals surface area contributed by atoms with Crippen LogP contribution in [0.2, 0.25) is 0 Å². The third-order valence-electron chi connectivity index (χ3n) is 0.943. The number of aromatic hydroxyl groups is 1. The predicted octanol–water partition coefficient (Wildman–Crippen LogP) is 1.68. The third kappa shape index (κ3) is 0.937. The van der Waals surface area contributed by atoms with Crippen LogP contribution in [0.15, 0.2) is 18.2 Å². The molecule has 0 atom stereocenters. The molecule has 1 aromatic carbocycles. The highest BCUT2D eigenvalue weighted by molar-refractivity contribution is 5.32. The van der Waals surface area contributed by atoms with Gasteiger partial charge < -0.3 is 5.11 Å². The van der Waals surface area contributed by atoms with Crippen molar-refractivity contribution in [2.75, 3.05) is 0 Å². The number of hydrogen-bond acceptors (Lipinski definition) is 1. The topological polar surface area (TPSA) is 40.1 Å². The number of phenolic OH excluding ortho intramolecular Hbond substituents is 1. The van der Waals surface area contributed by atoms with Crippen molar-refractivity contribution in [2.24, 2.45) is 0 Å². The summed E-state index contributed by atoms with van der Waals surface area (Å²) in [6, 6.07) is 3.46. The summed E-state index contributed by atoms with van der Waals surface area (Å²) in [4.78, 5) is 0. The second-order valence-corrected chi connectivity index (χ2v) is 1.59. The summed E-state index contributed by atoms with van der Waals surface area (Å²) in [5.74, 6) is -2.46. The molecule has 0 fully saturated rings. The molecule has 0 aromatic heterocycles. The third-order valence-corrected chi connectivity index (χ3v) is 0.943. The molecule has 0 saturated heterocycles. The molecule has 0 bridgehead atoms. The average Bonchev–Trinajstić information content (AvgIpc) is 1.83. The maximum atomic E-state index is 12.2. The fraction of sp³-hybridized carbons (Fsp3) is 0. The molecule has 0 unspecified atom stereocenters. The van der Waals surface area contributed by atoms with E-state index in [-0.39, 0.29) is 0 Å². The normalized spacial score (nSPS) is 9.44. The van der Waals surface area contributed by atoms with E-state index >= 15 is 0 Å². The average molecular weight is 127 g/mol. The summed E-state index contributed by atoms with van der Waals surface area (Å²) < 4.78 is 12.2. The van der Waals surface area contributed by atoms with E-state index in [2.05, 4.69) is 0 Å². The summed E-state index contributed by atoms with van der Waals surface area (Å²) in [7, 11) is 0. The fourth-order valence-electron chi connectivity index (χ4n) is 0.499. The summed E-state index contributed by atoms with van der Waals surface area (Å²) in [6.07, 6.45) is 0. The monoisotopic (exact) mass is 127 g/mol. The van der Waals surface area contributed by atoms with Crippen molar-refractivity contribution in [3.8, 4) is 11.5 Å². The van der Waals surface area contributed by atoms with Crippen molar-refractivity contribution >= 4 is 0 Å². The molecule has 0 aliphatic heterocycles. The predicted molar refractivity (Wildman–Crippen MR) is 28.2 cm³/mol. The molecular formula is C6H4FO2. The van der Waals surface area contributed by atoms with Gasteiger partial charge in [-0.05, 0) is 12.1 Å². The minimum Gasteiger partial charge on any atom is -0.505 e. The van der Waals surface area contributed by atoms with Crippen LogP contribution in [0.1, 0.15) is 0 Å². The van der Waals surface area contributed by atoms with E-state index in [0.717, 1.165) is 12.1 Å². The summed E-state index contributed by atoms with van der Waals surface area (Å²) in [5.41, 5.74) is 0. The molecule has 9 heavy (non-hydrogen) atoms. The van der Waals surface area contributed by atoms with Gasteiger partial charge in [-0.15, -0.1) is 0 Å². The Labute approximate surface area is 51.2 Å². The minimum atomic E-state index is -1.09. The molecule has 0 aliphatic rings. The van der Waals surface area contributed by atoms with Gasteiger partial charge in [-0.2, -0.15) is 4.39 Å². The first kappa shape index (κ1) is 5.88. The Kier molecular flexibility index (Phi) is 1.26. The Bertz CT molecular complexity index is 202. The lowest BCUT2D eigenvalue weighted by Gasteiger charge is -1.91. The molecule has 0 amide bonds. The zero-order valence-electron chi connectivity index (χ0n) is 4.47. The van der Waals surface area contributed by atoms with Gasteiger partial charge in [-0.1, -0.05) is 6.07 Å². The SMILES string of the molecule is [O]c1cccc(O)c1F. The Morgan fingerprint density at radius 1 is 1.44 bits per heavy atom. The first-order valence-corrected chi connectivity index (χ1v) is 2.36. The summed E-state index contributed by atoms with van der Waals surface area (Å²) in [5, 5.41) is 18.8. The van der Waals surface area contributed by atoms with E-state index in [1.165, 1.54) is 6.07 Å². The van der Waals surface area contributed by atoms with Gasteiger partial charge in [0.1, 0.15) is 0 Å².